The monoisotopic (exact) mass is 245 g/mol. The van der Waals surface area contributed by atoms with E-state index in [2.05, 4.69) is 4.98 Å². The van der Waals surface area contributed by atoms with E-state index in [1.54, 1.807) is 6.07 Å². The molecule has 0 aromatic carbocycles. The fraction of sp³-hybridized carbons (Fsp3) is 0.545. The van der Waals surface area contributed by atoms with Gasteiger partial charge in [0.05, 0.1) is 19.1 Å². The Hall–Kier alpha value is -0.870. The van der Waals surface area contributed by atoms with Crippen molar-refractivity contribution in [2.75, 3.05) is 19.8 Å². The molecule has 88 valence electrons. The smallest absolute Gasteiger partial charge is 0.250 e. The van der Waals surface area contributed by atoms with Gasteiger partial charge >= 0.3 is 0 Å². The third kappa shape index (κ3) is 2.62. The molecule has 1 aromatic rings. The fourth-order valence-corrected chi connectivity index (χ4v) is 1.78. The molecule has 1 unspecified atom stereocenters. The lowest BCUT2D eigenvalue weighted by atomic mass is 10.1. The van der Waals surface area contributed by atoms with Crippen molar-refractivity contribution in [3.05, 3.63) is 23.6 Å². The van der Waals surface area contributed by atoms with Crippen LogP contribution in [0.2, 0.25) is 0 Å². The largest absolute Gasteiger partial charge is 0.475 e. The molecule has 16 heavy (non-hydrogen) atoms. The average molecular weight is 246 g/mol. The van der Waals surface area contributed by atoms with Crippen LogP contribution in [-0.2, 0) is 10.6 Å². The number of hydrogen-bond donors (Lipinski definition) is 0. The minimum Gasteiger partial charge on any atom is -0.475 e. The zero-order chi connectivity index (χ0) is 11.4. The molecule has 0 bridgehead atoms. The van der Waals surface area contributed by atoms with Gasteiger partial charge in [0.25, 0.3) is 5.88 Å². The molecule has 0 aliphatic carbocycles. The summed E-state index contributed by atoms with van der Waals surface area (Å²) >= 11 is 5.59. The first kappa shape index (κ1) is 11.6. The lowest BCUT2D eigenvalue weighted by molar-refractivity contribution is 0.163. The van der Waals surface area contributed by atoms with Crippen molar-refractivity contribution < 1.29 is 13.9 Å². The number of nitrogens with zero attached hydrogens (tertiary/aromatic N) is 1. The van der Waals surface area contributed by atoms with Gasteiger partial charge in [0.1, 0.15) is 0 Å². The molecule has 0 spiro atoms. The summed E-state index contributed by atoms with van der Waals surface area (Å²) in [5, 5.41) is 0. The molecule has 0 amide bonds. The molecule has 1 saturated heterocycles. The van der Waals surface area contributed by atoms with Crippen molar-refractivity contribution in [1.82, 2.24) is 4.98 Å². The Bertz CT molecular complexity index is 356. The van der Waals surface area contributed by atoms with Crippen molar-refractivity contribution in [2.45, 2.75) is 12.3 Å². The molecular weight excluding hydrogens is 233 g/mol. The molecule has 1 aromatic heterocycles. The van der Waals surface area contributed by atoms with E-state index in [-0.39, 0.29) is 11.8 Å². The van der Waals surface area contributed by atoms with Gasteiger partial charge in [-0.3, -0.25) is 0 Å². The van der Waals surface area contributed by atoms with Crippen molar-refractivity contribution in [3.63, 3.8) is 0 Å². The summed E-state index contributed by atoms with van der Waals surface area (Å²) in [4.78, 5) is 3.85. The zero-order valence-electron chi connectivity index (χ0n) is 8.79. The zero-order valence-corrected chi connectivity index (χ0v) is 9.54. The number of aromatic nitrogens is 1. The second kappa shape index (κ2) is 5.46. The van der Waals surface area contributed by atoms with Crippen molar-refractivity contribution in [1.29, 1.82) is 0 Å². The first-order valence-corrected chi connectivity index (χ1v) is 5.74. The first-order chi connectivity index (χ1) is 7.81. The van der Waals surface area contributed by atoms with Gasteiger partial charge < -0.3 is 9.47 Å². The third-order valence-corrected chi connectivity index (χ3v) is 2.85. The van der Waals surface area contributed by atoms with Gasteiger partial charge in [0.15, 0.2) is 5.82 Å². The van der Waals surface area contributed by atoms with Crippen LogP contribution in [0.4, 0.5) is 4.39 Å². The van der Waals surface area contributed by atoms with Crippen molar-refractivity contribution in [3.8, 4) is 5.88 Å². The maximum atomic E-state index is 13.6. The third-order valence-electron chi connectivity index (χ3n) is 2.56. The minimum absolute atomic E-state index is 0.0325. The van der Waals surface area contributed by atoms with E-state index in [4.69, 9.17) is 21.1 Å². The topological polar surface area (TPSA) is 31.4 Å². The van der Waals surface area contributed by atoms with Crippen molar-refractivity contribution >= 4 is 11.6 Å². The summed E-state index contributed by atoms with van der Waals surface area (Å²) in [7, 11) is 0. The Labute approximate surface area is 98.5 Å². The van der Waals surface area contributed by atoms with E-state index >= 15 is 0 Å². The predicted octanol–water partition coefficient (Wildman–Crippen LogP) is 2.37. The number of halogens is 2. The Balaban J connectivity index is 1.97. The number of pyridine rings is 1. The van der Waals surface area contributed by atoms with E-state index in [1.807, 2.05) is 0 Å². The molecular formula is C11H13ClFNO2. The molecule has 2 heterocycles. The highest BCUT2D eigenvalue weighted by Gasteiger charge is 2.18. The Kier molecular flexibility index (Phi) is 3.96. The quantitative estimate of drug-likeness (QED) is 0.764. The van der Waals surface area contributed by atoms with Crippen molar-refractivity contribution in [2.24, 2.45) is 5.92 Å². The van der Waals surface area contributed by atoms with Gasteiger partial charge in [-0.05, 0) is 12.5 Å². The number of alkyl halides is 1. The van der Waals surface area contributed by atoms with Gasteiger partial charge in [-0.25, -0.2) is 9.37 Å². The highest BCUT2D eigenvalue weighted by Crippen LogP contribution is 2.20. The van der Waals surface area contributed by atoms with Crippen LogP contribution >= 0.6 is 11.6 Å². The lowest BCUT2D eigenvalue weighted by Gasteiger charge is -2.10. The minimum atomic E-state index is -0.462. The SMILES string of the molecule is Fc1c(CCl)ccnc1OCC1CCOC1. The van der Waals surface area contributed by atoms with Crippen LogP contribution in [0.25, 0.3) is 0 Å². The van der Waals surface area contributed by atoms with Gasteiger partial charge in [-0.1, -0.05) is 0 Å². The van der Waals surface area contributed by atoms with E-state index in [0.29, 0.717) is 24.7 Å². The summed E-state index contributed by atoms with van der Waals surface area (Å²) in [6.45, 7) is 1.87. The molecule has 5 heteroatoms. The highest BCUT2D eigenvalue weighted by atomic mass is 35.5. The fourth-order valence-electron chi connectivity index (χ4n) is 1.58. The Morgan fingerprint density at radius 2 is 2.50 bits per heavy atom. The second-order valence-corrected chi connectivity index (χ2v) is 4.03. The highest BCUT2D eigenvalue weighted by molar-refractivity contribution is 6.17. The summed E-state index contributed by atoms with van der Waals surface area (Å²) < 4.78 is 24.2. The second-order valence-electron chi connectivity index (χ2n) is 3.76. The maximum absolute atomic E-state index is 13.6. The molecule has 1 aliphatic rings. The Morgan fingerprint density at radius 3 is 3.19 bits per heavy atom. The molecule has 2 rings (SSSR count). The van der Waals surface area contributed by atoms with Gasteiger partial charge in [-0.15, -0.1) is 11.6 Å². The molecule has 0 N–H and O–H groups in total. The van der Waals surface area contributed by atoms with Crippen LogP contribution < -0.4 is 4.74 Å². The molecule has 1 aliphatic heterocycles. The molecule has 0 radical (unpaired) electrons. The van der Waals surface area contributed by atoms with E-state index in [9.17, 15) is 4.39 Å². The van der Waals surface area contributed by atoms with Crippen LogP contribution in [0.5, 0.6) is 5.88 Å². The average Bonchev–Trinajstić information content (AvgIpc) is 2.81. The normalized spacial score (nSPS) is 20.0. The first-order valence-electron chi connectivity index (χ1n) is 5.21. The number of rotatable bonds is 4. The molecule has 1 atom stereocenters. The van der Waals surface area contributed by atoms with E-state index < -0.39 is 5.82 Å². The summed E-state index contributed by atoms with van der Waals surface area (Å²) in [6, 6.07) is 1.55. The van der Waals surface area contributed by atoms with E-state index in [1.165, 1.54) is 6.20 Å². The molecule has 0 saturated carbocycles. The standard InChI is InChI=1S/C11H13ClFNO2/c12-5-9-1-3-14-11(10(9)13)16-7-8-2-4-15-6-8/h1,3,8H,2,4-7H2. The van der Waals surface area contributed by atoms with Gasteiger partial charge in [0, 0.05) is 24.3 Å². The Morgan fingerprint density at radius 1 is 1.62 bits per heavy atom. The predicted molar refractivity (Wildman–Crippen MR) is 58.2 cm³/mol. The summed E-state index contributed by atoms with van der Waals surface area (Å²) in [5.41, 5.74) is 0.411. The number of ether oxygens (including phenoxy) is 2. The van der Waals surface area contributed by atoms with Gasteiger partial charge in [-0.2, -0.15) is 0 Å². The van der Waals surface area contributed by atoms with Crippen LogP contribution in [0.15, 0.2) is 12.3 Å². The summed E-state index contributed by atoms with van der Waals surface area (Å²) in [6.07, 6.45) is 2.46. The van der Waals surface area contributed by atoms with Crippen LogP contribution in [0.1, 0.15) is 12.0 Å². The maximum Gasteiger partial charge on any atom is 0.250 e. The van der Waals surface area contributed by atoms with Crippen LogP contribution in [-0.4, -0.2) is 24.8 Å². The van der Waals surface area contributed by atoms with Gasteiger partial charge in [0.2, 0.25) is 0 Å². The van der Waals surface area contributed by atoms with Crippen LogP contribution in [0, 0.1) is 11.7 Å². The molecule has 1 fully saturated rings. The lowest BCUT2D eigenvalue weighted by Crippen LogP contribution is -2.13. The van der Waals surface area contributed by atoms with Crippen LogP contribution in [0.3, 0.4) is 0 Å². The molecule has 3 nitrogen and oxygen atoms in total. The summed E-state index contributed by atoms with van der Waals surface area (Å²) in [5.74, 6) is 0.0272. The van der Waals surface area contributed by atoms with E-state index in [0.717, 1.165) is 13.0 Å². The number of hydrogen-bond acceptors (Lipinski definition) is 3.